The summed E-state index contributed by atoms with van der Waals surface area (Å²) in [5, 5.41) is 10.7. The minimum Gasteiger partial charge on any atom is -0.480 e. The molecule has 9 heteroatoms. The van der Waals surface area contributed by atoms with Gasteiger partial charge in [-0.3, -0.25) is 4.79 Å². The minimum absolute atomic E-state index is 0.0481. The van der Waals surface area contributed by atoms with Gasteiger partial charge in [-0.1, -0.05) is 0 Å². The number of nitrogens with two attached hydrogens (primary N) is 1. The van der Waals surface area contributed by atoms with Gasteiger partial charge < -0.3 is 16.2 Å². The van der Waals surface area contributed by atoms with Gasteiger partial charge >= 0.3 is 11.5 Å². The number of nitrogens with one attached hydrogen (secondary N) is 1. The van der Waals surface area contributed by atoms with Crippen LogP contribution < -0.4 is 11.1 Å². The first-order chi connectivity index (χ1) is 8.69. The summed E-state index contributed by atoms with van der Waals surface area (Å²) in [6, 6.07) is 3.02. The van der Waals surface area contributed by atoms with Gasteiger partial charge in [-0.05, 0) is 36.0 Å². The third kappa shape index (κ3) is 5.18. The van der Waals surface area contributed by atoms with Gasteiger partial charge in [0.25, 0.3) is 5.91 Å². The fourth-order valence-electron chi connectivity index (χ4n) is 1.07. The van der Waals surface area contributed by atoms with E-state index in [2.05, 4.69) is 5.32 Å². The van der Waals surface area contributed by atoms with E-state index in [0.717, 1.165) is 12.1 Å². The number of benzene rings is 1. The summed E-state index contributed by atoms with van der Waals surface area (Å²) in [4.78, 5) is 21.6. The number of aliphatic carboxylic acids is 1. The molecule has 0 saturated carbocycles. The van der Waals surface area contributed by atoms with Gasteiger partial charge in [-0.25, -0.2) is 4.79 Å². The molecule has 1 aromatic rings. The van der Waals surface area contributed by atoms with Gasteiger partial charge in [0.2, 0.25) is 0 Å². The molecule has 0 heterocycles. The molecular weight excluding hydrogens is 285 g/mol. The number of amides is 1. The first-order valence-electron chi connectivity index (χ1n) is 4.84. The molecule has 5 nitrogen and oxygen atoms in total. The van der Waals surface area contributed by atoms with E-state index >= 15 is 0 Å². The van der Waals surface area contributed by atoms with Crippen molar-refractivity contribution in [1.82, 2.24) is 0 Å². The molecule has 1 atom stereocenters. The summed E-state index contributed by atoms with van der Waals surface area (Å²) in [6.07, 6.45) is 0. The predicted octanol–water partition coefficient (Wildman–Crippen LogP) is 1.65. The summed E-state index contributed by atoms with van der Waals surface area (Å²) in [5.41, 5.74) is 0.825. The standard InChI is InChI=1S/C10H9F3N2O3S/c11-10(12,13)19-6-3-1-5(2-4-6)15-8(16)7(14)9(17)18/h1-4,7H,14H2,(H,15,16)(H,17,18). The number of thioether (sulfide) groups is 1. The molecule has 0 aliphatic rings. The average molecular weight is 294 g/mol. The Morgan fingerprint density at radius 3 is 2.21 bits per heavy atom. The number of hydrogen-bond donors (Lipinski definition) is 3. The molecule has 0 fully saturated rings. The smallest absolute Gasteiger partial charge is 0.446 e. The minimum atomic E-state index is -4.39. The quantitative estimate of drug-likeness (QED) is 0.580. The van der Waals surface area contributed by atoms with Crippen molar-refractivity contribution in [3.8, 4) is 0 Å². The molecule has 0 spiro atoms. The third-order valence-electron chi connectivity index (χ3n) is 1.90. The topological polar surface area (TPSA) is 92.4 Å². The van der Waals surface area contributed by atoms with Crippen LogP contribution in [0.25, 0.3) is 0 Å². The molecule has 0 bridgehead atoms. The highest BCUT2D eigenvalue weighted by Crippen LogP contribution is 2.36. The van der Waals surface area contributed by atoms with Gasteiger partial charge in [-0.2, -0.15) is 13.2 Å². The number of alkyl halides is 3. The van der Waals surface area contributed by atoms with Crippen molar-refractivity contribution in [2.45, 2.75) is 16.4 Å². The first-order valence-corrected chi connectivity index (χ1v) is 5.66. The van der Waals surface area contributed by atoms with Crippen LogP contribution in [0.2, 0.25) is 0 Å². The van der Waals surface area contributed by atoms with Gasteiger partial charge in [0.15, 0.2) is 6.04 Å². The number of carbonyl (C=O) groups is 2. The lowest BCUT2D eigenvalue weighted by atomic mass is 10.2. The number of carboxylic acid groups (broad SMARTS) is 1. The fourth-order valence-corrected chi connectivity index (χ4v) is 1.61. The van der Waals surface area contributed by atoms with Crippen LogP contribution in [0.5, 0.6) is 0 Å². The Bertz CT molecular complexity index is 476. The van der Waals surface area contributed by atoms with E-state index in [1.54, 1.807) is 0 Å². The van der Waals surface area contributed by atoms with Crippen molar-refractivity contribution in [1.29, 1.82) is 0 Å². The molecule has 0 aliphatic heterocycles. The predicted molar refractivity (Wildman–Crippen MR) is 62.6 cm³/mol. The zero-order valence-electron chi connectivity index (χ0n) is 9.27. The second-order valence-corrected chi connectivity index (χ2v) is 4.52. The second-order valence-electron chi connectivity index (χ2n) is 3.38. The van der Waals surface area contributed by atoms with Crippen molar-refractivity contribution in [3.05, 3.63) is 24.3 Å². The number of carboxylic acids is 1. The normalized spacial score (nSPS) is 12.8. The van der Waals surface area contributed by atoms with E-state index in [-0.39, 0.29) is 22.3 Å². The molecule has 19 heavy (non-hydrogen) atoms. The first kappa shape index (κ1) is 15.3. The van der Waals surface area contributed by atoms with Crippen molar-refractivity contribution in [3.63, 3.8) is 0 Å². The van der Waals surface area contributed by atoms with Gasteiger partial charge in [0.1, 0.15) is 0 Å². The lowest BCUT2D eigenvalue weighted by Gasteiger charge is -2.09. The Balaban J connectivity index is 2.67. The van der Waals surface area contributed by atoms with Crippen LogP contribution >= 0.6 is 11.8 Å². The van der Waals surface area contributed by atoms with Gasteiger partial charge in [-0.15, -0.1) is 0 Å². The second kappa shape index (κ2) is 5.93. The van der Waals surface area contributed by atoms with Crippen molar-refractivity contribution in [2.75, 3.05) is 5.32 Å². The Morgan fingerprint density at radius 1 is 1.26 bits per heavy atom. The number of hydrogen-bond acceptors (Lipinski definition) is 4. The number of carbonyl (C=O) groups excluding carboxylic acids is 1. The van der Waals surface area contributed by atoms with E-state index in [4.69, 9.17) is 10.8 Å². The van der Waals surface area contributed by atoms with E-state index in [9.17, 15) is 22.8 Å². The molecule has 0 saturated heterocycles. The van der Waals surface area contributed by atoms with Gasteiger partial charge in [0, 0.05) is 10.6 Å². The highest BCUT2D eigenvalue weighted by molar-refractivity contribution is 8.00. The summed E-state index contributed by atoms with van der Waals surface area (Å²) >= 11 is -0.292. The van der Waals surface area contributed by atoms with E-state index < -0.39 is 23.4 Å². The highest BCUT2D eigenvalue weighted by Gasteiger charge is 2.29. The molecule has 4 N–H and O–H groups in total. The highest BCUT2D eigenvalue weighted by atomic mass is 32.2. The van der Waals surface area contributed by atoms with Crippen LogP contribution in [0.1, 0.15) is 0 Å². The Hall–Kier alpha value is -1.74. The molecule has 1 rings (SSSR count). The van der Waals surface area contributed by atoms with Crippen LogP contribution in [0.15, 0.2) is 29.2 Å². The van der Waals surface area contributed by atoms with E-state index in [1.165, 1.54) is 12.1 Å². The number of rotatable bonds is 4. The number of anilines is 1. The SMILES string of the molecule is NC(C(=O)O)C(=O)Nc1ccc(SC(F)(F)F)cc1. The van der Waals surface area contributed by atoms with Crippen LogP contribution in [-0.4, -0.2) is 28.5 Å². The van der Waals surface area contributed by atoms with Gasteiger partial charge in [0.05, 0.1) is 0 Å². The molecule has 0 aliphatic carbocycles. The van der Waals surface area contributed by atoms with Crippen LogP contribution in [0, 0.1) is 0 Å². The zero-order valence-corrected chi connectivity index (χ0v) is 10.1. The van der Waals surface area contributed by atoms with Crippen LogP contribution in [-0.2, 0) is 9.59 Å². The van der Waals surface area contributed by atoms with Crippen molar-refractivity contribution >= 4 is 29.3 Å². The maximum absolute atomic E-state index is 12.1. The van der Waals surface area contributed by atoms with E-state index in [0.29, 0.717) is 0 Å². The lowest BCUT2D eigenvalue weighted by Crippen LogP contribution is -2.42. The molecular formula is C10H9F3N2O3S. The summed E-state index contributed by atoms with van der Waals surface area (Å²) in [6.45, 7) is 0. The summed E-state index contributed by atoms with van der Waals surface area (Å²) < 4.78 is 36.2. The molecule has 104 valence electrons. The molecule has 0 radical (unpaired) electrons. The summed E-state index contributed by atoms with van der Waals surface area (Å²) in [7, 11) is 0. The van der Waals surface area contributed by atoms with Crippen LogP contribution in [0.3, 0.4) is 0 Å². The summed E-state index contributed by atoms with van der Waals surface area (Å²) in [5.74, 6) is -2.45. The molecule has 1 unspecified atom stereocenters. The van der Waals surface area contributed by atoms with Crippen molar-refractivity contribution in [2.24, 2.45) is 5.73 Å². The van der Waals surface area contributed by atoms with Crippen LogP contribution in [0.4, 0.5) is 18.9 Å². The number of halogens is 3. The monoisotopic (exact) mass is 294 g/mol. The average Bonchev–Trinajstić information content (AvgIpc) is 2.28. The molecule has 1 amide bonds. The van der Waals surface area contributed by atoms with Crippen molar-refractivity contribution < 1.29 is 27.9 Å². The largest absolute Gasteiger partial charge is 0.480 e. The molecule has 0 aromatic heterocycles. The molecule has 1 aromatic carbocycles. The third-order valence-corrected chi connectivity index (χ3v) is 2.64. The fraction of sp³-hybridized carbons (Fsp3) is 0.200. The lowest BCUT2D eigenvalue weighted by molar-refractivity contribution is -0.141. The maximum atomic E-state index is 12.1. The Morgan fingerprint density at radius 2 is 1.79 bits per heavy atom. The maximum Gasteiger partial charge on any atom is 0.446 e. The Kier molecular flexibility index (Phi) is 4.78. The zero-order chi connectivity index (χ0) is 14.6. The Labute approximate surface area is 110 Å². The van der Waals surface area contributed by atoms with E-state index in [1.807, 2.05) is 0 Å².